The van der Waals surface area contributed by atoms with E-state index in [9.17, 15) is 4.39 Å². The third-order valence-electron chi connectivity index (χ3n) is 3.27. The molecule has 1 aromatic rings. The van der Waals surface area contributed by atoms with Crippen LogP contribution in [0.25, 0.3) is 0 Å². The summed E-state index contributed by atoms with van der Waals surface area (Å²) in [7, 11) is 0. The van der Waals surface area contributed by atoms with Crippen LogP contribution in [0.15, 0.2) is 18.2 Å². The van der Waals surface area contributed by atoms with Gasteiger partial charge in [0.15, 0.2) is 0 Å². The van der Waals surface area contributed by atoms with E-state index in [0.717, 1.165) is 37.2 Å². The molecule has 0 radical (unpaired) electrons. The van der Waals surface area contributed by atoms with Crippen LogP contribution in [0.5, 0.6) is 0 Å². The molecule has 2 rings (SSSR count). The van der Waals surface area contributed by atoms with E-state index in [0.29, 0.717) is 6.10 Å². The van der Waals surface area contributed by atoms with Crippen molar-refractivity contribution in [3.8, 4) is 0 Å². The Balaban J connectivity index is 1.77. The molecule has 1 saturated heterocycles. The minimum Gasteiger partial charge on any atom is -0.377 e. The maximum atomic E-state index is 12.9. The van der Waals surface area contributed by atoms with Crippen LogP contribution in [-0.4, -0.2) is 19.3 Å². The molecule has 0 aliphatic carbocycles. The molecule has 0 spiro atoms. The van der Waals surface area contributed by atoms with Crippen LogP contribution in [0.4, 0.5) is 4.39 Å². The molecular weight excluding hydrogens is 217 g/mol. The molecule has 1 fully saturated rings. The Bertz CT molecular complexity index is 361. The number of aryl methyl sites for hydroxylation is 1. The molecule has 1 N–H and O–H groups in total. The van der Waals surface area contributed by atoms with Gasteiger partial charge in [-0.2, -0.15) is 0 Å². The number of halogens is 1. The van der Waals surface area contributed by atoms with Gasteiger partial charge in [-0.25, -0.2) is 4.39 Å². The quantitative estimate of drug-likeness (QED) is 0.869. The molecule has 0 amide bonds. The summed E-state index contributed by atoms with van der Waals surface area (Å²) in [6.07, 6.45) is 3.95. The van der Waals surface area contributed by atoms with Crippen molar-refractivity contribution in [2.24, 2.45) is 0 Å². The third-order valence-corrected chi connectivity index (χ3v) is 3.27. The summed E-state index contributed by atoms with van der Waals surface area (Å²) >= 11 is 0. The number of ether oxygens (including phenoxy) is 1. The van der Waals surface area contributed by atoms with E-state index in [4.69, 9.17) is 4.74 Å². The highest BCUT2D eigenvalue weighted by Gasteiger charge is 2.12. The average molecular weight is 237 g/mol. The Hall–Kier alpha value is -0.930. The Morgan fingerprint density at radius 1 is 1.41 bits per heavy atom. The van der Waals surface area contributed by atoms with Gasteiger partial charge < -0.3 is 10.1 Å². The molecule has 94 valence electrons. The topological polar surface area (TPSA) is 21.3 Å². The predicted octanol–water partition coefficient (Wildman–Crippen LogP) is 2.79. The summed E-state index contributed by atoms with van der Waals surface area (Å²) in [6, 6.07) is 4.94. The van der Waals surface area contributed by atoms with Crippen LogP contribution in [0, 0.1) is 12.7 Å². The van der Waals surface area contributed by atoms with Gasteiger partial charge in [-0.15, -0.1) is 0 Å². The first-order chi connectivity index (χ1) is 8.25. The van der Waals surface area contributed by atoms with Gasteiger partial charge in [0.25, 0.3) is 0 Å². The SMILES string of the molecule is Cc1cc(F)ccc1CNCC1CCCCO1. The lowest BCUT2D eigenvalue weighted by Crippen LogP contribution is -2.31. The van der Waals surface area contributed by atoms with Gasteiger partial charge in [0.2, 0.25) is 0 Å². The smallest absolute Gasteiger partial charge is 0.123 e. The summed E-state index contributed by atoms with van der Waals surface area (Å²) in [5, 5.41) is 3.38. The second-order valence-electron chi connectivity index (χ2n) is 4.69. The monoisotopic (exact) mass is 237 g/mol. The van der Waals surface area contributed by atoms with E-state index >= 15 is 0 Å². The van der Waals surface area contributed by atoms with Gasteiger partial charge in [-0.1, -0.05) is 6.07 Å². The Morgan fingerprint density at radius 2 is 2.29 bits per heavy atom. The van der Waals surface area contributed by atoms with E-state index in [1.54, 1.807) is 6.07 Å². The summed E-state index contributed by atoms with van der Waals surface area (Å²) in [5.41, 5.74) is 2.16. The summed E-state index contributed by atoms with van der Waals surface area (Å²) in [5.74, 6) is -0.165. The highest BCUT2D eigenvalue weighted by atomic mass is 19.1. The molecule has 0 bridgehead atoms. The number of hydrogen-bond acceptors (Lipinski definition) is 2. The highest BCUT2D eigenvalue weighted by Crippen LogP contribution is 2.13. The highest BCUT2D eigenvalue weighted by molar-refractivity contribution is 5.26. The first kappa shape index (κ1) is 12.5. The summed E-state index contributed by atoms with van der Waals surface area (Å²) in [6.45, 7) is 4.50. The van der Waals surface area contributed by atoms with Crippen LogP contribution in [0.3, 0.4) is 0 Å². The van der Waals surface area contributed by atoms with Crippen molar-refractivity contribution in [2.75, 3.05) is 13.2 Å². The standard InChI is InChI=1S/C14H20FNO/c1-11-8-13(15)6-5-12(11)9-16-10-14-4-2-3-7-17-14/h5-6,8,14,16H,2-4,7,9-10H2,1H3. The van der Waals surface area contributed by atoms with E-state index in [-0.39, 0.29) is 5.82 Å². The van der Waals surface area contributed by atoms with E-state index in [1.807, 2.05) is 13.0 Å². The van der Waals surface area contributed by atoms with E-state index < -0.39 is 0 Å². The molecule has 17 heavy (non-hydrogen) atoms. The third kappa shape index (κ3) is 3.79. The Kier molecular flexibility index (Phi) is 4.51. The Labute approximate surface area is 102 Å². The van der Waals surface area contributed by atoms with Gasteiger partial charge in [0.1, 0.15) is 5.82 Å². The average Bonchev–Trinajstić information content (AvgIpc) is 2.33. The molecular formula is C14H20FNO. The molecule has 1 atom stereocenters. The van der Waals surface area contributed by atoms with Gasteiger partial charge in [0, 0.05) is 19.7 Å². The molecule has 1 aliphatic heterocycles. The van der Waals surface area contributed by atoms with Crippen molar-refractivity contribution in [1.82, 2.24) is 5.32 Å². The fraction of sp³-hybridized carbons (Fsp3) is 0.571. The van der Waals surface area contributed by atoms with Crippen LogP contribution in [0.1, 0.15) is 30.4 Å². The zero-order chi connectivity index (χ0) is 12.1. The summed E-state index contributed by atoms with van der Waals surface area (Å²) < 4.78 is 18.6. The maximum absolute atomic E-state index is 12.9. The van der Waals surface area contributed by atoms with Crippen molar-refractivity contribution < 1.29 is 9.13 Å². The maximum Gasteiger partial charge on any atom is 0.123 e. The first-order valence-electron chi connectivity index (χ1n) is 6.33. The van der Waals surface area contributed by atoms with Gasteiger partial charge in [-0.3, -0.25) is 0 Å². The fourth-order valence-corrected chi connectivity index (χ4v) is 2.19. The van der Waals surface area contributed by atoms with Crippen molar-refractivity contribution in [3.63, 3.8) is 0 Å². The predicted molar refractivity (Wildman–Crippen MR) is 66.4 cm³/mol. The summed E-state index contributed by atoms with van der Waals surface area (Å²) in [4.78, 5) is 0. The van der Waals surface area contributed by atoms with Crippen molar-refractivity contribution in [3.05, 3.63) is 35.1 Å². The Morgan fingerprint density at radius 3 is 3.00 bits per heavy atom. The zero-order valence-electron chi connectivity index (χ0n) is 10.3. The van der Waals surface area contributed by atoms with Gasteiger partial charge in [0.05, 0.1) is 6.10 Å². The fourth-order valence-electron chi connectivity index (χ4n) is 2.19. The molecule has 3 heteroatoms. The lowest BCUT2D eigenvalue weighted by atomic mass is 10.1. The largest absolute Gasteiger partial charge is 0.377 e. The minimum absolute atomic E-state index is 0.165. The van der Waals surface area contributed by atoms with Crippen LogP contribution in [0.2, 0.25) is 0 Å². The molecule has 1 aromatic carbocycles. The van der Waals surface area contributed by atoms with Crippen molar-refractivity contribution >= 4 is 0 Å². The number of rotatable bonds is 4. The van der Waals surface area contributed by atoms with Crippen LogP contribution in [-0.2, 0) is 11.3 Å². The van der Waals surface area contributed by atoms with Crippen molar-refractivity contribution in [1.29, 1.82) is 0 Å². The van der Waals surface area contributed by atoms with E-state index in [1.165, 1.54) is 18.9 Å². The van der Waals surface area contributed by atoms with Crippen molar-refractivity contribution in [2.45, 2.75) is 38.8 Å². The molecule has 1 heterocycles. The van der Waals surface area contributed by atoms with E-state index in [2.05, 4.69) is 5.32 Å². The van der Waals surface area contributed by atoms with Crippen LogP contribution >= 0.6 is 0 Å². The minimum atomic E-state index is -0.165. The molecule has 2 nitrogen and oxygen atoms in total. The molecule has 1 aliphatic rings. The number of nitrogens with one attached hydrogen (secondary N) is 1. The first-order valence-corrected chi connectivity index (χ1v) is 6.33. The second kappa shape index (κ2) is 6.12. The molecule has 0 aromatic heterocycles. The number of hydrogen-bond donors (Lipinski definition) is 1. The normalized spacial score (nSPS) is 20.5. The lowest BCUT2D eigenvalue weighted by molar-refractivity contribution is 0.0168. The number of benzene rings is 1. The lowest BCUT2D eigenvalue weighted by Gasteiger charge is -2.23. The molecule has 1 unspecified atom stereocenters. The zero-order valence-corrected chi connectivity index (χ0v) is 10.3. The molecule has 0 saturated carbocycles. The second-order valence-corrected chi connectivity index (χ2v) is 4.69. The van der Waals surface area contributed by atoms with Gasteiger partial charge >= 0.3 is 0 Å². The van der Waals surface area contributed by atoms with Gasteiger partial charge in [-0.05, 0) is 49.4 Å². The van der Waals surface area contributed by atoms with Crippen LogP contribution < -0.4 is 5.32 Å².